The van der Waals surface area contributed by atoms with E-state index in [-0.39, 0.29) is 5.56 Å². The van der Waals surface area contributed by atoms with Crippen LogP contribution < -0.4 is 0 Å². The van der Waals surface area contributed by atoms with Gasteiger partial charge in [0.2, 0.25) is 5.95 Å². The monoisotopic (exact) mass is 251 g/mol. The first-order valence-corrected chi connectivity index (χ1v) is 5.72. The molecule has 0 saturated carbocycles. The Morgan fingerprint density at radius 3 is 2.28 bits per heavy atom. The van der Waals surface area contributed by atoms with E-state index < -0.39 is 17.7 Å². The van der Waals surface area contributed by atoms with Gasteiger partial charge in [0.15, 0.2) is 5.82 Å². The third-order valence-corrected chi connectivity index (χ3v) is 2.69. The number of halogens is 3. The lowest BCUT2D eigenvalue weighted by Gasteiger charge is -2.05. The minimum absolute atomic E-state index is 0.0306. The standard InChI is InChI=1S/C14H12F3N/c1-2-3-9-4-6-10(7-5-9)11-8-12(15)14(17)18-13(11)16/h4-8H,2-3H2,1H3. The van der Waals surface area contributed by atoms with Crippen molar-refractivity contribution in [3.05, 3.63) is 53.6 Å². The van der Waals surface area contributed by atoms with Crippen molar-refractivity contribution in [3.8, 4) is 11.1 Å². The second kappa shape index (κ2) is 5.21. The molecule has 0 aliphatic rings. The van der Waals surface area contributed by atoms with Crippen LogP contribution in [-0.2, 0) is 6.42 Å². The molecule has 2 rings (SSSR count). The third-order valence-electron chi connectivity index (χ3n) is 2.69. The second-order valence-corrected chi connectivity index (χ2v) is 4.05. The van der Waals surface area contributed by atoms with E-state index in [9.17, 15) is 13.2 Å². The molecule has 0 unspecified atom stereocenters. The summed E-state index contributed by atoms with van der Waals surface area (Å²) in [6.07, 6.45) is 1.94. The van der Waals surface area contributed by atoms with Gasteiger partial charge in [-0.15, -0.1) is 0 Å². The van der Waals surface area contributed by atoms with Crippen LogP contribution in [0.2, 0.25) is 0 Å². The molecule has 1 aromatic heterocycles. The zero-order valence-electron chi connectivity index (χ0n) is 9.88. The van der Waals surface area contributed by atoms with Crippen LogP contribution in [0, 0.1) is 17.7 Å². The van der Waals surface area contributed by atoms with E-state index in [0.29, 0.717) is 5.56 Å². The van der Waals surface area contributed by atoms with Gasteiger partial charge >= 0.3 is 0 Å². The highest BCUT2D eigenvalue weighted by Gasteiger charge is 2.12. The largest absolute Gasteiger partial charge is 0.251 e. The lowest BCUT2D eigenvalue weighted by atomic mass is 10.0. The molecule has 0 amide bonds. The zero-order chi connectivity index (χ0) is 13.1. The average Bonchev–Trinajstić information content (AvgIpc) is 2.35. The van der Waals surface area contributed by atoms with E-state index in [2.05, 4.69) is 11.9 Å². The summed E-state index contributed by atoms with van der Waals surface area (Å²) in [5, 5.41) is 0. The molecule has 0 bridgehead atoms. The fourth-order valence-corrected chi connectivity index (χ4v) is 1.79. The summed E-state index contributed by atoms with van der Waals surface area (Å²) in [6.45, 7) is 2.06. The number of pyridine rings is 1. The van der Waals surface area contributed by atoms with E-state index >= 15 is 0 Å². The molecule has 2 aromatic rings. The summed E-state index contributed by atoms with van der Waals surface area (Å²) < 4.78 is 39.2. The summed E-state index contributed by atoms with van der Waals surface area (Å²) in [5.74, 6) is -3.57. The maximum atomic E-state index is 13.4. The van der Waals surface area contributed by atoms with Crippen molar-refractivity contribution >= 4 is 0 Å². The summed E-state index contributed by atoms with van der Waals surface area (Å²) in [7, 11) is 0. The highest BCUT2D eigenvalue weighted by atomic mass is 19.2. The predicted octanol–water partition coefficient (Wildman–Crippen LogP) is 4.12. The number of hydrogen-bond donors (Lipinski definition) is 0. The van der Waals surface area contributed by atoms with Gasteiger partial charge in [-0.1, -0.05) is 37.6 Å². The highest BCUT2D eigenvalue weighted by Crippen LogP contribution is 2.24. The van der Waals surface area contributed by atoms with Crippen LogP contribution in [-0.4, -0.2) is 4.98 Å². The van der Waals surface area contributed by atoms with Crippen molar-refractivity contribution in [1.82, 2.24) is 4.98 Å². The maximum Gasteiger partial charge on any atom is 0.251 e. The molecular weight excluding hydrogens is 239 g/mol. The molecule has 0 fully saturated rings. The van der Waals surface area contributed by atoms with Gasteiger partial charge in [-0.05, 0) is 23.6 Å². The predicted molar refractivity (Wildman–Crippen MR) is 63.5 cm³/mol. The van der Waals surface area contributed by atoms with Gasteiger partial charge < -0.3 is 0 Å². The van der Waals surface area contributed by atoms with E-state index in [4.69, 9.17) is 0 Å². The molecule has 0 saturated heterocycles. The summed E-state index contributed by atoms with van der Waals surface area (Å²) in [6, 6.07) is 7.89. The smallest absolute Gasteiger partial charge is 0.202 e. The topological polar surface area (TPSA) is 12.9 Å². The molecule has 1 heterocycles. The lowest BCUT2D eigenvalue weighted by molar-refractivity contribution is 0.449. The fourth-order valence-electron chi connectivity index (χ4n) is 1.79. The molecule has 0 aliphatic carbocycles. The Morgan fingerprint density at radius 1 is 1.00 bits per heavy atom. The van der Waals surface area contributed by atoms with Crippen LogP contribution in [0.3, 0.4) is 0 Å². The SMILES string of the molecule is CCCc1ccc(-c2cc(F)c(F)nc2F)cc1. The molecule has 1 aromatic carbocycles. The molecule has 0 aliphatic heterocycles. The van der Waals surface area contributed by atoms with Crippen LogP contribution in [0.25, 0.3) is 11.1 Å². The van der Waals surface area contributed by atoms with Crippen LogP contribution >= 0.6 is 0 Å². The van der Waals surface area contributed by atoms with Gasteiger partial charge in [0.05, 0.1) is 0 Å². The average molecular weight is 251 g/mol. The van der Waals surface area contributed by atoms with Crippen LogP contribution in [0.4, 0.5) is 13.2 Å². The second-order valence-electron chi connectivity index (χ2n) is 4.05. The first-order valence-electron chi connectivity index (χ1n) is 5.72. The number of aromatic nitrogens is 1. The van der Waals surface area contributed by atoms with Gasteiger partial charge in [0.25, 0.3) is 5.95 Å². The van der Waals surface area contributed by atoms with E-state index in [1.165, 1.54) is 0 Å². The number of nitrogens with zero attached hydrogens (tertiary/aromatic N) is 1. The van der Waals surface area contributed by atoms with Gasteiger partial charge in [0.1, 0.15) is 0 Å². The number of hydrogen-bond acceptors (Lipinski definition) is 1. The van der Waals surface area contributed by atoms with Gasteiger partial charge in [-0.3, -0.25) is 0 Å². The minimum Gasteiger partial charge on any atom is -0.202 e. The van der Waals surface area contributed by atoms with Crippen molar-refractivity contribution in [3.63, 3.8) is 0 Å². The van der Waals surface area contributed by atoms with E-state index in [1.807, 2.05) is 12.1 Å². The van der Waals surface area contributed by atoms with Crippen molar-refractivity contribution in [2.75, 3.05) is 0 Å². The Bertz CT molecular complexity index is 550. The third kappa shape index (κ3) is 2.53. The van der Waals surface area contributed by atoms with Crippen molar-refractivity contribution in [2.24, 2.45) is 0 Å². The van der Waals surface area contributed by atoms with Crippen molar-refractivity contribution < 1.29 is 13.2 Å². The Hall–Kier alpha value is -1.84. The molecule has 1 nitrogen and oxygen atoms in total. The molecule has 18 heavy (non-hydrogen) atoms. The number of aryl methyl sites for hydroxylation is 1. The normalized spacial score (nSPS) is 10.7. The van der Waals surface area contributed by atoms with Crippen LogP contribution in [0.5, 0.6) is 0 Å². The quantitative estimate of drug-likeness (QED) is 0.748. The first kappa shape index (κ1) is 12.6. The molecule has 0 radical (unpaired) electrons. The zero-order valence-corrected chi connectivity index (χ0v) is 9.88. The maximum absolute atomic E-state index is 13.4. The Balaban J connectivity index is 2.39. The van der Waals surface area contributed by atoms with Gasteiger partial charge in [-0.2, -0.15) is 13.8 Å². The van der Waals surface area contributed by atoms with Crippen molar-refractivity contribution in [1.29, 1.82) is 0 Å². The number of rotatable bonds is 3. The fraction of sp³-hybridized carbons (Fsp3) is 0.214. The molecular formula is C14H12F3N. The molecule has 0 spiro atoms. The Morgan fingerprint density at radius 2 is 1.67 bits per heavy atom. The van der Waals surface area contributed by atoms with Crippen molar-refractivity contribution in [2.45, 2.75) is 19.8 Å². The summed E-state index contributed by atoms with van der Waals surface area (Å²) >= 11 is 0. The summed E-state index contributed by atoms with van der Waals surface area (Å²) in [5.41, 5.74) is 1.58. The molecule has 0 N–H and O–H groups in total. The highest BCUT2D eigenvalue weighted by molar-refractivity contribution is 5.63. The molecule has 94 valence electrons. The van der Waals surface area contributed by atoms with Crippen LogP contribution in [0.1, 0.15) is 18.9 Å². The molecule has 0 atom stereocenters. The van der Waals surface area contributed by atoms with Gasteiger partial charge in [0, 0.05) is 5.56 Å². The first-order chi connectivity index (χ1) is 8.61. The summed E-state index contributed by atoms with van der Waals surface area (Å²) in [4.78, 5) is 2.90. The number of benzene rings is 1. The van der Waals surface area contributed by atoms with E-state index in [1.54, 1.807) is 12.1 Å². The Labute approximate surface area is 103 Å². The minimum atomic E-state index is -1.42. The Kier molecular flexibility index (Phi) is 3.65. The lowest BCUT2D eigenvalue weighted by Crippen LogP contribution is -1.97. The van der Waals surface area contributed by atoms with Gasteiger partial charge in [-0.25, -0.2) is 4.39 Å². The van der Waals surface area contributed by atoms with E-state index in [0.717, 1.165) is 24.5 Å². The van der Waals surface area contributed by atoms with Crippen LogP contribution in [0.15, 0.2) is 30.3 Å². The molecule has 4 heteroatoms.